The lowest BCUT2D eigenvalue weighted by atomic mass is 10.2. The first-order valence-corrected chi connectivity index (χ1v) is 7.03. The fraction of sp³-hybridized carbons (Fsp3) is 0.0714. The maximum Gasteiger partial charge on any atom is 0.283 e. The van der Waals surface area contributed by atoms with Gasteiger partial charge in [0.15, 0.2) is 0 Å². The summed E-state index contributed by atoms with van der Waals surface area (Å²) in [5.41, 5.74) is 2.95. The zero-order chi connectivity index (χ0) is 14.8. The van der Waals surface area contributed by atoms with E-state index in [1.807, 2.05) is 35.1 Å². The third-order valence-corrected chi connectivity index (χ3v) is 3.77. The Bertz CT molecular complexity index is 816. The number of rotatable bonds is 4. The molecule has 0 saturated carbocycles. The monoisotopic (exact) mass is 346 g/mol. The highest BCUT2D eigenvalue weighted by Crippen LogP contribution is 2.28. The van der Waals surface area contributed by atoms with Crippen LogP contribution in [0.1, 0.15) is 5.56 Å². The van der Waals surface area contributed by atoms with E-state index >= 15 is 0 Å². The van der Waals surface area contributed by atoms with Crippen LogP contribution in [0.2, 0.25) is 0 Å². The summed E-state index contributed by atoms with van der Waals surface area (Å²) >= 11 is 3.21. The van der Waals surface area contributed by atoms with Crippen LogP contribution in [0.4, 0.5) is 11.4 Å². The number of nitro groups is 1. The summed E-state index contributed by atoms with van der Waals surface area (Å²) < 4.78 is 2.26. The predicted molar refractivity (Wildman–Crippen MR) is 83.3 cm³/mol. The van der Waals surface area contributed by atoms with E-state index in [4.69, 9.17) is 0 Å². The fourth-order valence-electron chi connectivity index (χ4n) is 2.09. The van der Waals surface area contributed by atoms with Crippen LogP contribution in [0.5, 0.6) is 0 Å². The van der Waals surface area contributed by atoms with Gasteiger partial charge in [-0.15, -0.1) is 0 Å². The van der Waals surface area contributed by atoms with Crippen LogP contribution in [-0.2, 0) is 6.54 Å². The molecule has 0 unspecified atom stereocenters. The maximum atomic E-state index is 10.8. The van der Waals surface area contributed by atoms with Crippen molar-refractivity contribution in [1.82, 2.24) is 9.61 Å². The Morgan fingerprint density at radius 1 is 1.33 bits per heavy atom. The summed E-state index contributed by atoms with van der Waals surface area (Å²) in [5.74, 6) is 0. The van der Waals surface area contributed by atoms with E-state index in [-0.39, 0.29) is 5.69 Å². The molecule has 0 saturated heterocycles. The van der Waals surface area contributed by atoms with Gasteiger partial charge in [0.25, 0.3) is 5.69 Å². The van der Waals surface area contributed by atoms with Crippen molar-refractivity contribution in [2.75, 3.05) is 5.32 Å². The first kappa shape index (κ1) is 13.6. The van der Waals surface area contributed by atoms with Crippen molar-refractivity contribution in [2.24, 2.45) is 0 Å². The molecule has 0 aliphatic carbocycles. The quantitative estimate of drug-likeness (QED) is 0.578. The Kier molecular flexibility index (Phi) is 3.57. The highest BCUT2D eigenvalue weighted by atomic mass is 79.9. The molecule has 0 bridgehead atoms. The second kappa shape index (κ2) is 5.53. The van der Waals surface area contributed by atoms with Crippen molar-refractivity contribution in [2.45, 2.75) is 6.54 Å². The summed E-state index contributed by atoms with van der Waals surface area (Å²) in [5, 5.41) is 18.3. The minimum Gasteiger partial charge on any atom is -0.381 e. The Hall–Kier alpha value is -2.41. The molecule has 2 heterocycles. The third-order valence-electron chi connectivity index (χ3n) is 3.13. The average molecular weight is 347 g/mol. The van der Waals surface area contributed by atoms with Crippen LogP contribution in [0.15, 0.2) is 53.3 Å². The summed E-state index contributed by atoms with van der Waals surface area (Å²) in [4.78, 5) is 10.4. The molecule has 0 aliphatic heterocycles. The third kappa shape index (κ3) is 2.73. The Labute approximate surface area is 128 Å². The number of nitrogens with zero attached hydrogens (tertiary/aromatic N) is 3. The van der Waals surface area contributed by atoms with Crippen molar-refractivity contribution in [3.63, 3.8) is 0 Å². The first-order valence-electron chi connectivity index (χ1n) is 6.24. The predicted octanol–water partition coefficient (Wildman–Crippen LogP) is 3.62. The lowest BCUT2D eigenvalue weighted by Crippen LogP contribution is -1.99. The molecule has 3 aromatic rings. The average Bonchev–Trinajstić information content (AvgIpc) is 2.88. The summed E-state index contributed by atoms with van der Waals surface area (Å²) in [6.07, 6.45) is 3.70. The van der Waals surface area contributed by atoms with E-state index in [0.717, 1.165) is 16.8 Å². The maximum absolute atomic E-state index is 10.8. The highest BCUT2D eigenvalue weighted by molar-refractivity contribution is 9.10. The zero-order valence-electron chi connectivity index (χ0n) is 10.9. The van der Waals surface area contributed by atoms with Gasteiger partial charge in [0, 0.05) is 30.1 Å². The zero-order valence-corrected chi connectivity index (χ0v) is 12.4. The lowest BCUT2D eigenvalue weighted by molar-refractivity contribution is -0.385. The van der Waals surface area contributed by atoms with E-state index in [0.29, 0.717) is 11.0 Å². The summed E-state index contributed by atoms with van der Waals surface area (Å²) in [6, 6.07) is 10.7. The van der Waals surface area contributed by atoms with E-state index < -0.39 is 4.92 Å². The molecular weight excluding hydrogens is 336 g/mol. The number of hydrogen-bond acceptors (Lipinski definition) is 4. The minimum atomic E-state index is -0.418. The van der Waals surface area contributed by atoms with Gasteiger partial charge in [-0.1, -0.05) is 6.07 Å². The molecule has 0 fully saturated rings. The molecule has 106 valence electrons. The fourth-order valence-corrected chi connectivity index (χ4v) is 2.61. The van der Waals surface area contributed by atoms with Gasteiger partial charge in [0.2, 0.25) is 0 Å². The van der Waals surface area contributed by atoms with Gasteiger partial charge in [0.05, 0.1) is 21.1 Å². The number of aromatic nitrogens is 2. The van der Waals surface area contributed by atoms with Gasteiger partial charge in [-0.25, -0.2) is 4.52 Å². The van der Waals surface area contributed by atoms with Gasteiger partial charge in [-0.05, 0) is 40.2 Å². The van der Waals surface area contributed by atoms with Gasteiger partial charge in [0.1, 0.15) is 0 Å². The number of anilines is 1. The number of hydrogen-bond donors (Lipinski definition) is 1. The van der Waals surface area contributed by atoms with Gasteiger partial charge in [-0.2, -0.15) is 5.10 Å². The van der Waals surface area contributed by atoms with Gasteiger partial charge < -0.3 is 5.32 Å². The minimum absolute atomic E-state index is 0.0523. The van der Waals surface area contributed by atoms with E-state index in [2.05, 4.69) is 26.3 Å². The van der Waals surface area contributed by atoms with Crippen LogP contribution in [0.25, 0.3) is 5.52 Å². The number of halogens is 1. The van der Waals surface area contributed by atoms with Crippen molar-refractivity contribution >= 4 is 32.8 Å². The number of fused-ring (bicyclic) bond motifs is 1. The second-order valence-electron chi connectivity index (χ2n) is 4.48. The molecule has 0 radical (unpaired) electrons. The molecule has 2 aromatic heterocycles. The Balaban J connectivity index is 1.79. The van der Waals surface area contributed by atoms with Gasteiger partial charge >= 0.3 is 0 Å². The van der Waals surface area contributed by atoms with Crippen molar-refractivity contribution in [3.05, 3.63) is 68.9 Å². The largest absolute Gasteiger partial charge is 0.381 e. The summed E-state index contributed by atoms with van der Waals surface area (Å²) in [7, 11) is 0. The van der Waals surface area contributed by atoms with Crippen molar-refractivity contribution in [3.8, 4) is 0 Å². The molecule has 0 spiro atoms. The van der Waals surface area contributed by atoms with E-state index in [1.54, 1.807) is 12.1 Å². The molecule has 7 heteroatoms. The number of nitrogens with one attached hydrogen (secondary N) is 1. The van der Waals surface area contributed by atoms with E-state index in [9.17, 15) is 10.1 Å². The SMILES string of the molecule is O=[N+]([O-])c1ccc(NCc2cnn3ccccc23)cc1Br. The number of pyridine rings is 1. The molecular formula is C14H11BrN4O2. The van der Waals surface area contributed by atoms with E-state index in [1.165, 1.54) is 6.07 Å². The Morgan fingerprint density at radius 3 is 2.95 bits per heavy atom. The summed E-state index contributed by atoms with van der Waals surface area (Å²) in [6.45, 7) is 0.595. The molecule has 0 aliphatic rings. The van der Waals surface area contributed by atoms with Crippen molar-refractivity contribution < 1.29 is 4.92 Å². The first-order chi connectivity index (χ1) is 10.1. The molecule has 0 amide bonds. The lowest BCUT2D eigenvalue weighted by Gasteiger charge is -2.06. The molecule has 6 nitrogen and oxygen atoms in total. The topological polar surface area (TPSA) is 72.5 Å². The smallest absolute Gasteiger partial charge is 0.283 e. The second-order valence-corrected chi connectivity index (χ2v) is 5.33. The van der Waals surface area contributed by atoms with Crippen LogP contribution >= 0.6 is 15.9 Å². The molecule has 1 N–H and O–H groups in total. The number of nitro benzene ring substituents is 1. The molecule has 1 aromatic carbocycles. The standard InChI is InChI=1S/C14H11BrN4O2/c15-12-7-11(4-5-14(12)19(20)21)16-8-10-9-17-18-6-2-1-3-13(10)18/h1-7,9,16H,8H2. The highest BCUT2D eigenvalue weighted by Gasteiger charge is 2.11. The Morgan fingerprint density at radius 2 is 2.19 bits per heavy atom. The van der Waals surface area contributed by atoms with Crippen LogP contribution in [0.3, 0.4) is 0 Å². The normalized spacial score (nSPS) is 10.7. The van der Waals surface area contributed by atoms with Crippen molar-refractivity contribution in [1.29, 1.82) is 0 Å². The molecule has 3 rings (SSSR count). The molecule has 0 atom stereocenters. The van der Waals surface area contributed by atoms with Crippen LogP contribution in [-0.4, -0.2) is 14.5 Å². The van der Waals surface area contributed by atoms with Gasteiger partial charge in [-0.3, -0.25) is 10.1 Å². The van der Waals surface area contributed by atoms with Crippen LogP contribution in [0, 0.1) is 10.1 Å². The number of benzene rings is 1. The van der Waals surface area contributed by atoms with Crippen LogP contribution < -0.4 is 5.32 Å². The molecule has 21 heavy (non-hydrogen) atoms.